The summed E-state index contributed by atoms with van der Waals surface area (Å²) in [5.74, 6) is -3.38. The Hall–Kier alpha value is -2.49. The van der Waals surface area contributed by atoms with Gasteiger partial charge in [-0.25, -0.2) is 18.6 Å². The molecule has 2 aromatic rings. The Morgan fingerprint density at radius 3 is 2.11 bits per heavy atom. The molecule has 1 unspecified atom stereocenters. The smallest absolute Gasteiger partial charge is 0.337 e. The highest BCUT2D eigenvalue weighted by molar-refractivity contribution is 6.31. The zero-order valence-corrected chi connectivity index (χ0v) is 27.6. The molecule has 242 valence electrons. The molecule has 1 aliphatic carbocycles. The number of carbonyl (C=O) groups is 1. The highest BCUT2D eigenvalue weighted by Crippen LogP contribution is 2.50. The number of halogens is 3. The Bertz CT molecular complexity index is 1360. The number of rotatable bonds is 8. The Balaban J connectivity index is 1.72. The number of aromatic nitrogens is 1. The third-order valence-electron chi connectivity index (χ3n) is 9.82. The van der Waals surface area contributed by atoms with Gasteiger partial charge in [-0.2, -0.15) is 0 Å². The molecule has 1 spiro atoms. The Kier molecular flexibility index (Phi) is 9.24. The summed E-state index contributed by atoms with van der Waals surface area (Å²) >= 11 is 6.97. The summed E-state index contributed by atoms with van der Waals surface area (Å²) in [6.45, 7) is 13.2. The van der Waals surface area contributed by atoms with Gasteiger partial charge in [0, 0.05) is 25.2 Å². The van der Waals surface area contributed by atoms with Gasteiger partial charge in [0.1, 0.15) is 5.15 Å². The van der Waals surface area contributed by atoms with E-state index in [1.165, 1.54) is 38.5 Å². The molecule has 44 heavy (non-hydrogen) atoms. The average Bonchev–Trinajstić information content (AvgIpc) is 2.90. The van der Waals surface area contributed by atoms with Crippen molar-refractivity contribution in [2.24, 2.45) is 10.8 Å². The minimum atomic E-state index is -1.45. The number of aliphatic carboxylic acids is 1. The fourth-order valence-electron chi connectivity index (χ4n) is 6.98. The Morgan fingerprint density at radius 2 is 1.64 bits per heavy atom. The normalized spacial score (nSPS) is 20.8. The lowest BCUT2D eigenvalue weighted by Gasteiger charge is -2.48. The van der Waals surface area contributed by atoms with E-state index in [-0.39, 0.29) is 21.7 Å². The van der Waals surface area contributed by atoms with Crippen LogP contribution in [0.3, 0.4) is 0 Å². The summed E-state index contributed by atoms with van der Waals surface area (Å²) < 4.78 is 41.8. The summed E-state index contributed by atoms with van der Waals surface area (Å²) in [5.41, 5.74) is 1.74. The van der Waals surface area contributed by atoms with Gasteiger partial charge >= 0.3 is 5.97 Å². The number of ether oxygens (including phenoxy) is 2. The van der Waals surface area contributed by atoms with Crippen molar-refractivity contribution in [3.05, 3.63) is 40.2 Å². The predicted molar refractivity (Wildman–Crippen MR) is 168 cm³/mol. The number of carboxylic acid groups (broad SMARTS) is 1. The number of likely N-dealkylation sites (tertiary alicyclic amines) is 1. The molecule has 3 aliphatic rings. The van der Waals surface area contributed by atoms with Crippen molar-refractivity contribution in [3.63, 3.8) is 0 Å². The molecule has 0 bridgehead atoms. The molecule has 7 nitrogen and oxygen atoms in total. The summed E-state index contributed by atoms with van der Waals surface area (Å²) in [7, 11) is 1.22. The fraction of sp³-hybridized carbons (Fsp3) is 0.647. The summed E-state index contributed by atoms with van der Waals surface area (Å²) in [4.78, 5) is 22.1. The highest BCUT2D eigenvalue weighted by atomic mass is 35.5. The molecule has 1 N–H and O–H groups in total. The minimum absolute atomic E-state index is 0.0298. The quantitative estimate of drug-likeness (QED) is 0.295. The SMILES string of the molecule is COc1c(F)cc(-c2c(CN3CCC4(CCC4)CC3)nc(Cl)c(C(OC(C)(C)C)C(=O)O)c2N2CCC(C)(C)CC2)cc1F. The van der Waals surface area contributed by atoms with Crippen molar-refractivity contribution >= 4 is 23.3 Å². The van der Waals surface area contributed by atoms with E-state index in [0.717, 1.165) is 38.8 Å². The molecular formula is C34H46ClF2N3O4. The topological polar surface area (TPSA) is 75.1 Å². The van der Waals surface area contributed by atoms with E-state index in [4.69, 9.17) is 26.1 Å². The second kappa shape index (κ2) is 12.4. The van der Waals surface area contributed by atoms with Crippen LogP contribution in [0.2, 0.25) is 5.15 Å². The van der Waals surface area contributed by atoms with Crippen LogP contribution in [0.25, 0.3) is 11.1 Å². The second-order valence-corrected chi connectivity index (χ2v) is 15.0. The zero-order chi connectivity index (χ0) is 32.0. The van der Waals surface area contributed by atoms with Crippen LogP contribution in [0, 0.1) is 22.5 Å². The molecule has 3 fully saturated rings. The molecule has 1 saturated carbocycles. The van der Waals surface area contributed by atoms with Crippen LogP contribution < -0.4 is 9.64 Å². The van der Waals surface area contributed by atoms with E-state index in [0.29, 0.717) is 42.0 Å². The number of pyridine rings is 1. The second-order valence-electron chi connectivity index (χ2n) is 14.7. The summed E-state index contributed by atoms with van der Waals surface area (Å²) in [6, 6.07) is 2.49. The molecule has 2 saturated heterocycles. The molecule has 0 radical (unpaired) electrons. The fourth-order valence-corrected chi connectivity index (χ4v) is 7.27. The van der Waals surface area contributed by atoms with Crippen molar-refractivity contribution in [3.8, 4) is 16.9 Å². The first-order valence-electron chi connectivity index (χ1n) is 15.8. The van der Waals surface area contributed by atoms with Crippen molar-refractivity contribution in [2.75, 3.05) is 38.2 Å². The van der Waals surface area contributed by atoms with Gasteiger partial charge in [0.05, 0.1) is 29.7 Å². The van der Waals surface area contributed by atoms with E-state index in [1.54, 1.807) is 20.8 Å². The maximum Gasteiger partial charge on any atom is 0.337 e. The maximum absolute atomic E-state index is 15.3. The molecule has 5 rings (SSSR count). The largest absolute Gasteiger partial charge is 0.491 e. The molecule has 10 heteroatoms. The number of piperidine rings is 2. The summed E-state index contributed by atoms with van der Waals surface area (Å²) in [5, 5.41) is 10.5. The van der Waals surface area contributed by atoms with Crippen LogP contribution in [0.1, 0.15) is 96.9 Å². The van der Waals surface area contributed by atoms with Gasteiger partial charge in [0.25, 0.3) is 0 Å². The van der Waals surface area contributed by atoms with Gasteiger partial charge in [-0.15, -0.1) is 0 Å². The van der Waals surface area contributed by atoms with E-state index in [2.05, 4.69) is 23.6 Å². The van der Waals surface area contributed by atoms with Gasteiger partial charge in [0.15, 0.2) is 23.5 Å². The third-order valence-corrected chi connectivity index (χ3v) is 10.1. The molecule has 2 aliphatic heterocycles. The molecule has 1 atom stereocenters. The van der Waals surface area contributed by atoms with Crippen molar-refractivity contribution < 1.29 is 28.2 Å². The minimum Gasteiger partial charge on any atom is -0.491 e. The van der Waals surface area contributed by atoms with E-state index >= 15 is 8.78 Å². The number of methoxy groups -OCH3 is 1. The molecular weight excluding hydrogens is 588 g/mol. The third kappa shape index (κ3) is 6.85. The first-order chi connectivity index (χ1) is 20.6. The van der Waals surface area contributed by atoms with Crippen LogP contribution >= 0.6 is 11.6 Å². The number of nitrogens with zero attached hydrogens (tertiary/aromatic N) is 3. The van der Waals surface area contributed by atoms with Crippen molar-refractivity contribution in [1.29, 1.82) is 0 Å². The molecule has 0 amide bonds. The van der Waals surface area contributed by atoms with Crippen LogP contribution in [0.4, 0.5) is 14.5 Å². The predicted octanol–water partition coefficient (Wildman–Crippen LogP) is 8.02. The van der Waals surface area contributed by atoms with E-state index in [9.17, 15) is 9.90 Å². The van der Waals surface area contributed by atoms with Crippen molar-refractivity contribution in [1.82, 2.24) is 9.88 Å². The Labute approximate surface area is 264 Å². The maximum atomic E-state index is 15.3. The average molecular weight is 634 g/mol. The number of hydrogen-bond acceptors (Lipinski definition) is 6. The van der Waals surface area contributed by atoms with E-state index in [1.807, 2.05) is 0 Å². The van der Waals surface area contributed by atoms with Crippen LogP contribution in [-0.2, 0) is 16.1 Å². The van der Waals surface area contributed by atoms with Crippen LogP contribution in [0.15, 0.2) is 12.1 Å². The van der Waals surface area contributed by atoms with Gasteiger partial charge in [-0.3, -0.25) is 4.90 Å². The molecule has 1 aromatic heterocycles. The zero-order valence-electron chi connectivity index (χ0n) is 26.9. The number of benzene rings is 1. The van der Waals surface area contributed by atoms with Crippen molar-refractivity contribution in [2.45, 2.75) is 97.8 Å². The summed E-state index contributed by atoms with van der Waals surface area (Å²) in [6.07, 6.45) is 6.29. The lowest BCUT2D eigenvalue weighted by Crippen LogP contribution is -2.43. The lowest BCUT2D eigenvalue weighted by molar-refractivity contribution is -0.160. The van der Waals surface area contributed by atoms with Gasteiger partial charge in [0.2, 0.25) is 0 Å². The molecule has 1 aromatic carbocycles. The van der Waals surface area contributed by atoms with Gasteiger partial charge in [-0.1, -0.05) is 31.9 Å². The monoisotopic (exact) mass is 633 g/mol. The van der Waals surface area contributed by atoms with Gasteiger partial charge in [-0.05, 0) is 101 Å². The molecule has 3 heterocycles. The standard InChI is InChI=1S/C34H46ClF2N3O4/c1-32(2,3)44-29(31(41)42)26-27(40-16-10-33(4,5)11-17-40)25(21-18-22(36)28(43-6)23(37)19-21)24(38-30(26)35)20-39-14-12-34(13-15-39)8-7-9-34/h18-19,29H,7-17,20H2,1-6H3,(H,41,42). The van der Waals surface area contributed by atoms with E-state index < -0.39 is 35.1 Å². The van der Waals surface area contributed by atoms with Gasteiger partial charge < -0.3 is 19.5 Å². The number of hydrogen-bond donors (Lipinski definition) is 1. The van der Waals surface area contributed by atoms with Crippen LogP contribution in [-0.4, -0.2) is 59.8 Å². The van der Waals surface area contributed by atoms with Crippen LogP contribution in [0.5, 0.6) is 5.75 Å². The highest BCUT2D eigenvalue weighted by Gasteiger charge is 2.41. The Morgan fingerprint density at radius 1 is 1.05 bits per heavy atom. The first-order valence-corrected chi connectivity index (χ1v) is 16.1. The first kappa shape index (κ1) is 32.9. The number of carboxylic acids is 1. The number of anilines is 1. The lowest BCUT2D eigenvalue weighted by atomic mass is 9.63.